The minimum Gasteiger partial charge on any atom is -0.457 e. The largest absolute Gasteiger partial charge is 0.457 e. The van der Waals surface area contributed by atoms with Gasteiger partial charge in [0, 0.05) is 28.5 Å². The third kappa shape index (κ3) is 5.84. The van der Waals surface area contributed by atoms with Crippen molar-refractivity contribution in [2.75, 3.05) is 6.61 Å². The average Bonchev–Trinajstić information content (AvgIpc) is 2.94. The molecule has 1 aromatic heterocycles. The van der Waals surface area contributed by atoms with E-state index in [1.807, 2.05) is 19.9 Å². The van der Waals surface area contributed by atoms with Crippen LogP contribution in [0, 0.1) is 13.8 Å². The van der Waals surface area contributed by atoms with Crippen molar-refractivity contribution < 1.29 is 19.1 Å². The van der Waals surface area contributed by atoms with Crippen LogP contribution < -0.4 is 11.1 Å². The van der Waals surface area contributed by atoms with Crippen molar-refractivity contribution in [3.8, 4) is 0 Å². The van der Waals surface area contributed by atoms with Crippen molar-refractivity contribution >= 4 is 29.4 Å². The van der Waals surface area contributed by atoms with Crippen LogP contribution in [0.2, 0.25) is 5.02 Å². The second-order valence-electron chi connectivity index (χ2n) is 6.81. The summed E-state index contributed by atoms with van der Waals surface area (Å²) in [5.74, 6) is -0.912. The lowest BCUT2D eigenvalue weighted by Crippen LogP contribution is -2.35. The molecule has 1 aromatic carbocycles. The number of esters is 1. The number of hydrogen-bond acceptors (Lipinski definition) is 4. The second kappa shape index (κ2) is 10.1. The van der Waals surface area contributed by atoms with E-state index in [-0.39, 0.29) is 18.8 Å². The number of halogens is 1. The van der Waals surface area contributed by atoms with Crippen molar-refractivity contribution in [1.82, 2.24) is 9.88 Å². The monoisotopic (exact) mass is 419 g/mol. The first-order valence-electron chi connectivity index (χ1n) is 9.40. The molecule has 0 saturated heterocycles. The first-order valence-corrected chi connectivity index (χ1v) is 9.78. The Labute approximate surface area is 175 Å². The molecule has 156 valence electrons. The van der Waals surface area contributed by atoms with Gasteiger partial charge in [0.25, 0.3) is 0 Å². The number of nitrogens with two attached hydrogens (primary N) is 1. The van der Waals surface area contributed by atoms with E-state index in [4.69, 9.17) is 22.1 Å². The number of urea groups is 1. The van der Waals surface area contributed by atoms with Crippen molar-refractivity contribution in [2.45, 2.75) is 46.2 Å². The third-order valence-corrected chi connectivity index (χ3v) is 5.00. The van der Waals surface area contributed by atoms with Crippen LogP contribution in [0.25, 0.3) is 0 Å². The highest BCUT2D eigenvalue weighted by atomic mass is 35.5. The smallest absolute Gasteiger partial charge is 0.312 e. The average molecular weight is 420 g/mol. The number of nitrogens with one attached hydrogen (secondary N) is 1. The highest BCUT2D eigenvalue weighted by Crippen LogP contribution is 2.25. The van der Waals surface area contributed by atoms with E-state index in [0.29, 0.717) is 16.1 Å². The number of rotatable bonds is 9. The van der Waals surface area contributed by atoms with Crippen molar-refractivity contribution in [2.24, 2.45) is 5.73 Å². The Balaban J connectivity index is 2.04. The van der Waals surface area contributed by atoms with E-state index in [9.17, 15) is 14.4 Å². The molecule has 29 heavy (non-hydrogen) atoms. The zero-order valence-electron chi connectivity index (χ0n) is 16.8. The Morgan fingerprint density at radius 3 is 2.55 bits per heavy atom. The van der Waals surface area contributed by atoms with Gasteiger partial charge in [0.15, 0.2) is 6.61 Å². The van der Waals surface area contributed by atoms with Gasteiger partial charge in [0.05, 0.1) is 12.5 Å². The van der Waals surface area contributed by atoms with Crippen LogP contribution in [0.5, 0.6) is 0 Å². The summed E-state index contributed by atoms with van der Waals surface area (Å²) in [6.45, 7) is 6.33. The Bertz CT molecular complexity index is 907. The number of carbonyl (C=O) groups is 3. The normalized spacial score (nSPS) is 11.7. The number of hydrogen-bond donors (Lipinski definition) is 2. The van der Waals surface area contributed by atoms with Gasteiger partial charge in [0.2, 0.25) is 5.78 Å². The predicted octanol–water partition coefficient (Wildman–Crippen LogP) is 3.69. The summed E-state index contributed by atoms with van der Waals surface area (Å²) in [4.78, 5) is 36.1. The molecular formula is C21H26ClN3O4. The van der Waals surface area contributed by atoms with Gasteiger partial charge in [0.1, 0.15) is 0 Å². The third-order valence-electron chi connectivity index (χ3n) is 4.65. The number of ether oxygens (including phenoxy) is 1. The zero-order valence-corrected chi connectivity index (χ0v) is 17.6. The molecule has 2 aromatic rings. The Morgan fingerprint density at radius 2 is 1.93 bits per heavy atom. The lowest BCUT2D eigenvalue weighted by atomic mass is 10.0. The molecule has 2 rings (SSSR count). The summed E-state index contributed by atoms with van der Waals surface area (Å²) >= 11 is 6.15. The van der Waals surface area contributed by atoms with E-state index >= 15 is 0 Å². The molecule has 3 N–H and O–H groups in total. The summed E-state index contributed by atoms with van der Waals surface area (Å²) < 4.78 is 7.23. The maximum Gasteiger partial charge on any atom is 0.312 e. The minimum atomic E-state index is -0.790. The van der Waals surface area contributed by atoms with Gasteiger partial charge in [-0.2, -0.15) is 0 Å². The molecule has 0 fully saturated rings. The summed E-state index contributed by atoms with van der Waals surface area (Å²) in [7, 11) is 0. The van der Waals surface area contributed by atoms with Gasteiger partial charge in [-0.1, -0.05) is 36.7 Å². The van der Waals surface area contributed by atoms with E-state index in [2.05, 4.69) is 16.8 Å². The highest BCUT2D eigenvalue weighted by Gasteiger charge is 2.22. The number of aromatic nitrogens is 1. The zero-order chi connectivity index (χ0) is 21.6. The number of benzene rings is 1. The number of aryl methyl sites for hydroxylation is 1. The van der Waals surface area contributed by atoms with Crippen LogP contribution in [-0.4, -0.2) is 29.0 Å². The molecule has 2 amide bonds. The summed E-state index contributed by atoms with van der Waals surface area (Å²) in [5, 5.41) is 2.87. The van der Waals surface area contributed by atoms with Crippen LogP contribution in [0.4, 0.5) is 4.79 Å². The lowest BCUT2D eigenvalue weighted by Gasteiger charge is -2.18. The van der Waals surface area contributed by atoms with E-state index in [1.54, 1.807) is 24.3 Å². The van der Waals surface area contributed by atoms with Crippen LogP contribution in [0.1, 0.15) is 53.1 Å². The first kappa shape index (κ1) is 22.5. The Morgan fingerprint density at radius 1 is 1.24 bits per heavy atom. The SMILES string of the molecule is CCCn1c(C)cc(C(=O)COC(=O)C[C@H](NC(N)=O)c2ccccc2Cl)c1C. The molecule has 0 aliphatic carbocycles. The molecule has 0 saturated carbocycles. The summed E-state index contributed by atoms with van der Waals surface area (Å²) in [6.07, 6.45) is 0.754. The molecule has 0 bridgehead atoms. The van der Waals surface area contributed by atoms with E-state index in [0.717, 1.165) is 24.4 Å². The van der Waals surface area contributed by atoms with Crippen LogP contribution in [-0.2, 0) is 16.1 Å². The maximum absolute atomic E-state index is 12.5. The number of amides is 2. The minimum absolute atomic E-state index is 0.200. The molecule has 7 nitrogen and oxygen atoms in total. The van der Waals surface area contributed by atoms with Crippen molar-refractivity contribution in [3.63, 3.8) is 0 Å². The summed E-state index contributed by atoms with van der Waals surface area (Å²) in [6, 6.07) is 7.07. The fourth-order valence-electron chi connectivity index (χ4n) is 3.27. The molecule has 0 aliphatic rings. The van der Waals surface area contributed by atoms with Crippen LogP contribution >= 0.6 is 11.6 Å². The predicted molar refractivity (Wildman–Crippen MR) is 111 cm³/mol. The first-order chi connectivity index (χ1) is 13.7. The lowest BCUT2D eigenvalue weighted by molar-refractivity contribution is -0.143. The molecule has 1 atom stereocenters. The molecule has 8 heteroatoms. The maximum atomic E-state index is 12.5. The molecule has 0 radical (unpaired) electrons. The quantitative estimate of drug-likeness (QED) is 0.477. The topological polar surface area (TPSA) is 103 Å². The highest BCUT2D eigenvalue weighted by molar-refractivity contribution is 6.31. The molecule has 0 aliphatic heterocycles. The Hall–Kier alpha value is -2.80. The van der Waals surface area contributed by atoms with Gasteiger partial charge < -0.3 is 20.4 Å². The standard InChI is InChI=1S/C21H26ClN3O4/c1-4-9-25-13(2)10-16(14(25)3)19(26)12-29-20(27)11-18(24-21(23)28)15-7-5-6-8-17(15)22/h5-8,10,18H,4,9,11-12H2,1-3H3,(H3,23,24,28)/t18-/m0/s1. The van der Waals surface area contributed by atoms with Gasteiger partial charge in [-0.05, 0) is 38.0 Å². The fourth-order valence-corrected chi connectivity index (χ4v) is 3.54. The van der Waals surface area contributed by atoms with E-state index in [1.165, 1.54) is 0 Å². The van der Waals surface area contributed by atoms with Crippen LogP contribution in [0.3, 0.4) is 0 Å². The molecule has 0 spiro atoms. The van der Waals surface area contributed by atoms with Gasteiger partial charge in [-0.3, -0.25) is 9.59 Å². The second-order valence-corrected chi connectivity index (χ2v) is 7.21. The molecule has 1 heterocycles. The molecular weight excluding hydrogens is 394 g/mol. The number of ketones is 1. The van der Waals surface area contributed by atoms with Crippen molar-refractivity contribution in [3.05, 3.63) is 57.9 Å². The van der Waals surface area contributed by atoms with Gasteiger partial charge in [-0.25, -0.2) is 4.79 Å². The van der Waals surface area contributed by atoms with Gasteiger partial charge >= 0.3 is 12.0 Å². The number of primary amides is 1. The number of Topliss-reactive ketones (excluding diaryl/α,β-unsaturated/α-hetero) is 1. The fraction of sp³-hybridized carbons (Fsp3) is 0.381. The number of carbonyl (C=O) groups excluding carboxylic acids is 3. The molecule has 0 unspecified atom stereocenters. The summed E-state index contributed by atoms with van der Waals surface area (Å²) in [5.41, 5.74) is 8.14. The Kier molecular flexibility index (Phi) is 7.84. The van der Waals surface area contributed by atoms with E-state index < -0.39 is 18.0 Å². The van der Waals surface area contributed by atoms with Gasteiger partial charge in [-0.15, -0.1) is 0 Å². The van der Waals surface area contributed by atoms with Crippen LogP contribution in [0.15, 0.2) is 30.3 Å². The number of nitrogens with zero attached hydrogens (tertiary/aromatic N) is 1. The van der Waals surface area contributed by atoms with Crippen molar-refractivity contribution in [1.29, 1.82) is 0 Å².